The summed E-state index contributed by atoms with van der Waals surface area (Å²) >= 11 is 0. The molecule has 6 nitrogen and oxygen atoms in total. The number of benzene rings is 2. The van der Waals surface area contributed by atoms with Gasteiger partial charge in [0.05, 0.1) is 16.2 Å². The molecule has 0 bridgehead atoms. The van der Waals surface area contributed by atoms with E-state index in [-0.39, 0.29) is 11.6 Å². The number of hydrogen-bond donors (Lipinski definition) is 0. The van der Waals surface area contributed by atoms with E-state index in [1.807, 2.05) is 37.3 Å². The first-order chi connectivity index (χ1) is 13.1. The summed E-state index contributed by atoms with van der Waals surface area (Å²) < 4.78 is 0. The molecule has 27 heavy (non-hydrogen) atoms. The molecule has 1 fully saturated rings. The molecule has 0 radical (unpaired) electrons. The summed E-state index contributed by atoms with van der Waals surface area (Å²) in [6.07, 6.45) is 3.33. The Labute approximate surface area is 159 Å². The molecule has 1 aliphatic rings. The maximum absolute atomic E-state index is 13.3. The third-order valence-corrected chi connectivity index (χ3v) is 5.00. The monoisotopic (exact) mass is 367 g/mol. The highest BCUT2D eigenvalue weighted by atomic mass is 16.6. The van der Waals surface area contributed by atoms with Gasteiger partial charge in [-0.2, -0.15) is 0 Å². The van der Waals surface area contributed by atoms with E-state index in [4.69, 9.17) is 0 Å². The van der Waals surface area contributed by atoms with Gasteiger partial charge in [0.2, 0.25) is 0 Å². The molecule has 1 heterocycles. The van der Waals surface area contributed by atoms with Gasteiger partial charge in [0.1, 0.15) is 0 Å². The van der Waals surface area contributed by atoms with Crippen molar-refractivity contribution in [3.63, 3.8) is 0 Å². The molecule has 1 aliphatic heterocycles. The number of amides is 1. The summed E-state index contributed by atoms with van der Waals surface area (Å²) in [5.41, 5.74) is 2.22. The third kappa shape index (κ3) is 4.45. The number of carbonyl (C=O) groups excluding carboxylic acids is 1. The van der Waals surface area contributed by atoms with Crippen LogP contribution in [0.5, 0.6) is 0 Å². The van der Waals surface area contributed by atoms with Gasteiger partial charge in [-0.05, 0) is 37.8 Å². The van der Waals surface area contributed by atoms with E-state index in [1.165, 1.54) is 18.6 Å². The number of carbonyl (C=O) groups is 1. The van der Waals surface area contributed by atoms with E-state index < -0.39 is 4.92 Å². The number of piperidine rings is 1. The van der Waals surface area contributed by atoms with Gasteiger partial charge in [-0.3, -0.25) is 14.9 Å². The Morgan fingerprint density at radius 1 is 1.11 bits per heavy atom. The highest BCUT2D eigenvalue weighted by Gasteiger charge is 2.24. The summed E-state index contributed by atoms with van der Waals surface area (Å²) in [5, 5.41) is 11.3. The van der Waals surface area contributed by atoms with E-state index >= 15 is 0 Å². The van der Waals surface area contributed by atoms with Crippen LogP contribution in [0, 0.1) is 10.1 Å². The van der Waals surface area contributed by atoms with E-state index in [2.05, 4.69) is 4.90 Å². The molecule has 0 aromatic heterocycles. The second-order valence-electron chi connectivity index (χ2n) is 6.81. The van der Waals surface area contributed by atoms with Crippen LogP contribution in [-0.2, 0) is 6.54 Å². The second kappa shape index (κ2) is 8.66. The van der Waals surface area contributed by atoms with Crippen molar-refractivity contribution in [2.24, 2.45) is 0 Å². The number of rotatable bonds is 6. The summed E-state index contributed by atoms with van der Waals surface area (Å²) in [5.74, 6) is -0.161. The Balaban J connectivity index is 1.94. The SMILES string of the molecule is CCN(Cc1ccccc1)C(=O)c1cc([N+](=O)[O-])ccc1N1CCCCC1. The normalized spacial score (nSPS) is 14.0. The van der Waals surface area contributed by atoms with Crippen molar-refractivity contribution >= 4 is 17.3 Å². The van der Waals surface area contributed by atoms with E-state index in [1.54, 1.807) is 11.0 Å². The van der Waals surface area contributed by atoms with Crippen LogP contribution in [0.2, 0.25) is 0 Å². The van der Waals surface area contributed by atoms with Crippen molar-refractivity contribution in [2.75, 3.05) is 24.5 Å². The van der Waals surface area contributed by atoms with Crippen LogP contribution in [0.15, 0.2) is 48.5 Å². The lowest BCUT2D eigenvalue weighted by Gasteiger charge is -2.31. The van der Waals surface area contributed by atoms with Crippen molar-refractivity contribution in [2.45, 2.75) is 32.7 Å². The van der Waals surface area contributed by atoms with Gasteiger partial charge in [0.25, 0.3) is 11.6 Å². The fraction of sp³-hybridized carbons (Fsp3) is 0.381. The molecule has 2 aromatic rings. The van der Waals surface area contributed by atoms with Crippen LogP contribution in [0.25, 0.3) is 0 Å². The topological polar surface area (TPSA) is 66.7 Å². The van der Waals surface area contributed by atoms with Crippen LogP contribution in [0.3, 0.4) is 0 Å². The van der Waals surface area contributed by atoms with Crippen molar-refractivity contribution in [3.05, 3.63) is 69.8 Å². The maximum atomic E-state index is 13.3. The Kier molecular flexibility index (Phi) is 6.06. The molecular weight excluding hydrogens is 342 g/mol. The van der Waals surface area contributed by atoms with Crippen molar-refractivity contribution in [3.8, 4) is 0 Å². The molecule has 142 valence electrons. The largest absolute Gasteiger partial charge is 0.371 e. The Bertz CT molecular complexity index is 802. The molecule has 0 N–H and O–H groups in total. The van der Waals surface area contributed by atoms with Gasteiger partial charge in [0, 0.05) is 38.3 Å². The first-order valence-electron chi connectivity index (χ1n) is 9.46. The third-order valence-electron chi connectivity index (χ3n) is 5.00. The number of nitro benzene ring substituents is 1. The van der Waals surface area contributed by atoms with Crippen LogP contribution in [0.1, 0.15) is 42.1 Å². The Morgan fingerprint density at radius 2 is 1.81 bits per heavy atom. The first kappa shape index (κ1) is 18.9. The van der Waals surface area contributed by atoms with Gasteiger partial charge >= 0.3 is 0 Å². The van der Waals surface area contributed by atoms with Crippen molar-refractivity contribution in [1.29, 1.82) is 0 Å². The first-order valence-corrected chi connectivity index (χ1v) is 9.46. The highest BCUT2D eigenvalue weighted by molar-refractivity contribution is 6.00. The van der Waals surface area contributed by atoms with E-state index in [0.717, 1.165) is 37.2 Å². The van der Waals surface area contributed by atoms with E-state index in [9.17, 15) is 14.9 Å². The number of nitro groups is 1. The Hall–Kier alpha value is -2.89. The predicted octanol–water partition coefficient (Wildman–Crippen LogP) is 4.25. The second-order valence-corrected chi connectivity index (χ2v) is 6.81. The average molecular weight is 367 g/mol. The fourth-order valence-electron chi connectivity index (χ4n) is 3.52. The van der Waals surface area contributed by atoms with Crippen molar-refractivity contribution < 1.29 is 9.72 Å². The molecule has 0 saturated carbocycles. The molecular formula is C21H25N3O3. The fourth-order valence-corrected chi connectivity index (χ4v) is 3.52. The molecule has 1 amide bonds. The molecule has 1 saturated heterocycles. The van der Waals surface area contributed by atoms with Gasteiger partial charge in [0.15, 0.2) is 0 Å². The lowest BCUT2D eigenvalue weighted by atomic mass is 10.0. The lowest BCUT2D eigenvalue weighted by Crippen LogP contribution is -2.34. The van der Waals surface area contributed by atoms with Gasteiger partial charge in [-0.25, -0.2) is 0 Å². The van der Waals surface area contributed by atoms with Crippen LogP contribution in [0.4, 0.5) is 11.4 Å². The summed E-state index contributed by atoms with van der Waals surface area (Å²) in [6.45, 7) is 4.71. The minimum absolute atomic E-state index is 0.0464. The summed E-state index contributed by atoms with van der Waals surface area (Å²) in [4.78, 5) is 28.0. The van der Waals surface area contributed by atoms with Gasteiger partial charge in [-0.15, -0.1) is 0 Å². The smallest absolute Gasteiger partial charge is 0.270 e. The minimum atomic E-state index is -0.440. The zero-order valence-electron chi connectivity index (χ0n) is 15.6. The standard InChI is InChI=1S/C21H25N3O3/c1-2-22(16-17-9-5-3-6-10-17)21(25)19-15-18(24(26)27)11-12-20(19)23-13-7-4-8-14-23/h3,5-6,9-12,15H,2,4,7-8,13-14,16H2,1H3. The summed E-state index contributed by atoms with van der Waals surface area (Å²) in [7, 11) is 0. The van der Waals surface area contributed by atoms with Crippen LogP contribution >= 0.6 is 0 Å². The molecule has 3 rings (SSSR count). The minimum Gasteiger partial charge on any atom is -0.371 e. The highest BCUT2D eigenvalue weighted by Crippen LogP contribution is 2.29. The number of anilines is 1. The van der Waals surface area contributed by atoms with Crippen LogP contribution in [-0.4, -0.2) is 35.4 Å². The molecule has 0 unspecified atom stereocenters. The number of non-ortho nitro benzene ring substituents is 1. The Morgan fingerprint density at radius 3 is 2.44 bits per heavy atom. The predicted molar refractivity (Wildman–Crippen MR) is 106 cm³/mol. The number of nitrogens with zero attached hydrogens (tertiary/aromatic N) is 3. The quantitative estimate of drug-likeness (QED) is 0.565. The molecule has 0 aliphatic carbocycles. The summed E-state index contributed by atoms with van der Waals surface area (Å²) in [6, 6.07) is 14.4. The zero-order chi connectivity index (χ0) is 19.2. The molecule has 2 aromatic carbocycles. The average Bonchev–Trinajstić information content (AvgIpc) is 2.72. The van der Waals surface area contributed by atoms with Gasteiger partial charge < -0.3 is 9.80 Å². The zero-order valence-corrected chi connectivity index (χ0v) is 15.6. The van der Waals surface area contributed by atoms with Gasteiger partial charge in [-0.1, -0.05) is 30.3 Å². The lowest BCUT2D eigenvalue weighted by molar-refractivity contribution is -0.384. The van der Waals surface area contributed by atoms with Crippen LogP contribution < -0.4 is 4.90 Å². The molecule has 0 spiro atoms. The van der Waals surface area contributed by atoms with E-state index in [0.29, 0.717) is 18.7 Å². The van der Waals surface area contributed by atoms with Crippen molar-refractivity contribution in [1.82, 2.24) is 4.90 Å². The maximum Gasteiger partial charge on any atom is 0.270 e. The number of hydrogen-bond acceptors (Lipinski definition) is 4. The molecule has 0 atom stereocenters. The molecule has 6 heteroatoms.